The number of hydrogen-bond acceptors (Lipinski definition) is 5. The molecule has 1 aromatic carbocycles. The highest BCUT2D eigenvalue weighted by Gasteiger charge is 2.37. The largest absolute Gasteiger partial charge is 0.335 e. The molecule has 0 unspecified atom stereocenters. The van der Waals surface area contributed by atoms with Crippen molar-refractivity contribution in [3.05, 3.63) is 47.0 Å². The van der Waals surface area contributed by atoms with Gasteiger partial charge in [-0.25, -0.2) is 0 Å². The summed E-state index contributed by atoms with van der Waals surface area (Å²) in [6, 6.07) is 8.17. The van der Waals surface area contributed by atoms with Gasteiger partial charge in [0.05, 0.1) is 10.7 Å². The smallest absolute Gasteiger partial charge is 0.265 e. The molecule has 1 fully saturated rings. The molecule has 3 rings (SSSR count). The predicted molar refractivity (Wildman–Crippen MR) is 109 cm³/mol. The molecule has 0 radical (unpaired) electrons. The van der Waals surface area contributed by atoms with Gasteiger partial charge in [-0.1, -0.05) is 23.9 Å². The van der Waals surface area contributed by atoms with Crippen molar-refractivity contribution in [3.8, 4) is 0 Å². The second-order valence-corrected chi connectivity index (χ2v) is 7.21. The monoisotopic (exact) mass is 387 g/mol. The Labute approximate surface area is 163 Å². The molecule has 0 atom stereocenters. The maximum atomic E-state index is 12.7. The minimum atomic E-state index is -0.326. The number of likely N-dealkylation sites (N-methyl/N-ethyl adjacent to an activating group) is 2. The number of thiocarbonyl (C=S) groups is 1. The number of carbonyl (C=O) groups excluding carboxylic acids is 2. The number of carbonyl (C=O) groups is 2. The number of nitrogens with zero attached hydrogens (tertiary/aromatic N) is 3. The van der Waals surface area contributed by atoms with E-state index in [0.29, 0.717) is 13.1 Å². The lowest BCUT2D eigenvalue weighted by molar-refractivity contribution is -0.133. The minimum absolute atomic E-state index is 0.155. The van der Waals surface area contributed by atoms with Crippen LogP contribution in [-0.4, -0.2) is 46.4 Å². The van der Waals surface area contributed by atoms with E-state index in [9.17, 15) is 9.59 Å². The van der Waals surface area contributed by atoms with Gasteiger partial charge < -0.3 is 4.90 Å². The van der Waals surface area contributed by atoms with E-state index < -0.39 is 0 Å². The summed E-state index contributed by atoms with van der Waals surface area (Å²) in [7, 11) is 0. The third kappa shape index (κ3) is 3.05. The summed E-state index contributed by atoms with van der Waals surface area (Å²) >= 11 is 6.93. The summed E-state index contributed by atoms with van der Waals surface area (Å²) in [5.41, 5.74) is 1.31. The van der Waals surface area contributed by atoms with E-state index in [1.165, 1.54) is 14.7 Å². The molecule has 136 valence electrons. The molecule has 2 aliphatic rings. The second-order valence-electron chi connectivity index (χ2n) is 5.78. The number of rotatable bonds is 4. The molecule has 0 aromatic heterocycles. The molecule has 0 spiro atoms. The van der Waals surface area contributed by atoms with Gasteiger partial charge in [-0.15, -0.1) is 0 Å². The molecule has 1 saturated heterocycles. The van der Waals surface area contributed by atoms with Gasteiger partial charge >= 0.3 is 0 Å². The Hall–Kier alpha value is -2.12. The zero-order chi connectivity index (χ0) is 18.8. The van der Waals surface area contributed by atoms with E-state index in [0.717, 1.165) is 17.3 Å². The Balaban J connectivity index is 1.96. The van der Waals surface area contributed by atoms with Crippen LogP contribution in [0.15, 0.2) is 51.9 Å². The van der Waals surface area contributed by atoms with Crippen LogP contribution in [0.25, 0.3) is 0 Å². The topological polar surface area (TPSA) is 43.9 Å². The SMILES string of the molecule is CCN1C(=O)C(=C/C=C2/Sc3ccccc3N2CC)C(=O)N(CC)C1=S. The molecule has 2 aliphatic heterocycles. The van der Waals surface area contributed by atoms with Crippen molar-refractivity contribution in [2.45, 2.75) is 25.7 Å². The Morgan fingerprint density at radius 1 is 0.923 bits per heavy atom. The number of thioether (sulfide) groups is 1. The van der Waals surface area contributed by atoms with Gasteiger partial charge in [-0.3, -0.25) is 19.4 Å². The standard InChI is InChI=1S/C19H21N3O2S2/c1-4-20-14-9-7-8-10-15(14)26-16(20)12-11-13-17(23)21(5-2)19(25)22(6-3)18(13)24/h7-12H,4-6H2,1-3H3/b16-12+. The van der Waals surface area contributed by atoms with Crippen molar-refractivity contribution in [1.29, 1.82) is 0 Å². The summed E-state index contributed by atoms with van der Waals surface area (Å²) in [4.78, 5) is 31.7. The van der Waals surface area contributed by atoms with Crippen LogP contribution in [0.5, 0.6) is 0 Å². The van der Waals surface area contributed by atoms with Crippen LogP contribution in [0.4, 0.5) is 5.69 Å². The predicted octanol–water partition coefficient (Wildman–Crippen LogP) is 3.38. The fourth-order valence-electron chi connectivity index (χ4n) is 3.06. The van der Waals surface area contributed by atoms with Gasteiger partial charge in [0.1, 0.15) is 5.57 Å². The molecular weight excluding hydrogens is 366 g/mol. The van der Waals surface area contributed by atoms with E-state index in [2.05, 4.69) is 24.0 Å². The van der Waals surface area contributed by atoms with E-state index in [-0.39, 0.29) is 22.5 Å². The third-order valence-electron chi connectivity index (χ3n) is 4.39. The van der Waals surface area contributed by atoms with E-state index >= 15 is 0 Å². The van der Waals surface area contributed by atoms with Gasteiger partial charge in [-0.05, 0) is 57.3 Å². The number of para-hydroxylation sites is 1. The summed E-state index contributed by atoms with van der Waals surface area (Å²) in [6.45, 7) is 7.48. The fourth-order valence-corrected chi connectivity index (χ4v) is 4.61. The first-order valence-electron chi connectivity index (χ1n) is 8.67. The minimum Gasteiger partial charge on any atom is -0.335 e. The third-order valence-corrected chi connectivity index (χ3v) is 5.96. The molecular formula is C19H21N3O2S2. The number of anilines is 1. The quantitative estimate of drug-likeness (QED) is 0.450. The van der Waals surface area contributed by atoms with Crippen molar-refractivity contribution in [1.82, 2.24) is 9.80 Å². The Kier molecular flexibility index (Phi) is 5.48. The number of fused-ring (bicyclic) bond motifs is 1. The molecule has 0 bridgehead atoms. The first kappa shape index (κ1) is 18.7. The molecule has 2 heterocycles. The summed E-state index contributed by atoms with van der Waals surface area (Å²) in [5.74, 6) is -0.653. The lowest BCUT2D eigenvalue weighted by Gasteiger charge is -2.35. The van der Waals surface area contributed by atoms with Crippen LogP contribution < -0.4 is 4.90 Å². The average Bonchev–Trinajstić information content (AvgIpc) is 2.99. The fraction of sp³-hybridized carbons (Fsp3) is 0.316. The number of allylic oxidation sites excluding steroid dienone is 2. The van der Waals surface area contributed by atoms with Crippen LogP contribution in [0.2, 0.25) is 0 Å². The first-order valence-corrected chi connectivity index (χ1v) is 9.90. The zero-order valence-corrected chi connectivity index (χ0v) is 16.7. The average molecular weight is 388 g/mol. The highest BCUT2D eigenvalue weighted by atomic mass is 32.2. The zero-order valence-electron chi connectivity index (χ0n) is 15.1. The van der Waals surface area contributed by atoms with Crippen molar-refractivity contribution >= 4 is 46.6 Å². The van der Waals surface area contributed by atoms with Crippen LogP contribution in [0.1, 0.15) is 20.8 Å². The number of amides is 2. The molecule has 0 saturated carbocycles. The molecule has 0 aliphatic carbocycles. The molecule has 5 nitrogen and oxygen atoms in total. The van der Waals surface area contributed by atoms with Gasteiger partial charge in [-0.2, -0.15) is 0 Å². The van der Waals surface area contributed by atoms with Crippen molar-refractivity contribution in [2.75, 3.05) is 24.5 Å². The lowest BCUT2D eigenvalue weighted by atomic mass is 10.1. The Bertz CT molecular complexity index is 804. The van der Waals surface area contributed by atoms with E-state index in [1.54, 1.807) is 17.8 Å². The normalized spacial score (nSPS) is 18.9. The first-order chi connectivity index (χ1) is 12.5. The highest BCUT2D eigenvalue weighted by molar-refractivity contribution is 8.03. The van der Waals surface area contributed by atoms with Crippen LogP contribution in [0, 0.1) is 0 Å². The lowest BCUT2D eigenvalue weighted by Crippen LogP contribution is -2.55. The van der Waals surface area contributed by atoms with Crippen LogP contribution in [0.3, 0.4) is 0 Å². The van der Waals surface area contributed by atoms with Gasteiger partial charge in [0, 0.05) is 24.5 Å². The van der Waals surface area contributed by atoms with E-state index in [4.69, 9.17) is 12.2 Å². The summed E-state index contributed by atoms with van der Waals surface area (Å²) in [6.07, 6.45) is 3.49. The number of hydrogen-bond donors (Lipinski definition) is 0. The molecule has 1 aromatic rings. The Morgan fingerprint density at radius 3 is 2.08 bits per heavy atom. The molecule has 2 amide bonds. The van der Waals surface area contributed by atoms with Gasteiger partial charge in [0.2, 0.25) is 0 Å². The van der Waals surface area contributed by atoms with Crippen LogP contribution in [-0.2, 0) is 9.59 Å². The highest BCUT2D eigenvalue weighted by Crippen LogP contribution is 2.45. The van der Waals surface area contributed by atoms with Gasteiger partial charge in [0.15, 0.2) is 5.11 Å². The maximum Gasteiger partial charge on any atom is 0.265 e. The second kappa shape index (κ2) is 7.63. The van der Waals surface area contributed by atoms with Crippen molar-refractivity contribution < 1.29 is 9.59 Å². The summed E-state index contributed by atoms with van der Waals surface area (Å²) in [5, 5.41) is 1.29. The maximum absolute atomic E-state index is 12.7. The number of benzene rings is 1. The molecule has 7 heteroatoms. The Morgan fingerprint density at radius 2 is 1.50 bits per heavy atom. The van der Waals surface area contributed by atoms with Gasteiger partial charge in [0.25, 0.3) is 11.8 Å². The summed E-state index contributed by atoms with van der Waals surface area (Å²) < 4.78 is 0. The molecule has 0 N–H and O–H groups in total. The van der Waals surface area contributed by atoms with Crippen molar-refractivity contribution in [3.63, 3.8) is 0 Å². The van der Waals surface area contributed by atoms with Crippen LogP contribution >= 0.6 is 24.0 Å². The van der Waals surface area contributed by atoms with E-state index in [1.807, 2.05) is 32.1 Å². The van der Waals surface area contributed by atoms with Crippen molar-refractivity contribution in [2.24, 2.45) is 0 Å². The molecule has 26 heavy (non-hydrogen) atoms.